The maximum absolute atomic E-state index is 12.5. The lowest BCUT2D eigenvalue weighted by Gasteiger charge is -2.32. The zero-order valence-electron chi connectivity index (χ0n) is 16.0. The summed E-state index contributed by atoms with van der Waals surface area (Å²) in [6.45, 7) is 3.14. The second-order valence-corrected chi connectivity index (χ2v) is 7.05. The smallest absolute Gasteiger partial charge is 0.253 e. The molecule has 1 aliphatic heterocycles. The van der Waals surface area contributed by atoms with E-state index in [-0.39, 0.29) is 30.3 Å². The molecular formula is C22H25N3O3. The molecule has 2 aromatic carbocycles. The van der Waals surface area contributed by atoms with Gasteiger partial charge in [0.1, 0.15) is 0 Å². The van der Waals surface area contributed by atoms with Gasteiger partial charge < -0.3 is 15.5 Å². The lowest BCUT2D eigenvalue weighted by molar-refractivity contribution is -0.121. The fraction of sp³-hybridized carbons (Fsp3) is 0.318. The SMILES string of the molecule is Cc1ccc(C(=O)N2CCC(NC(=O)CNC(=O)c3ccccc3)CC2)cc1. The minimum atomic E-state index is -0.269. The third kappa shape index (κ3) is 5.19. The average Bonchev–Trinajstić information content (AvgIpc) is 2.73. The summed E-state index contributed by atoms with van der Waals surface area (Å²) in [6, 6.07) is 16.4. The van der Waals surface area contributed by atoms with E-state index in [1.54, 1.807) is 24.3 Å². The van der Waals surface area contributed by atoms with Crippen molar-refractivity contribution < 1.29 is 14.4 Å². The Morgan fingerprint density at radius 3 is 2.21 bits per heavy atom. The lowest BCUT2D eigenvalue weighted by atomic mass is 10.0. The number of amides is 3. The van der Waals surface area contributed by atoms with E-state index in [4.69, 9.17) is 0 Å². The maximum Gasteiger partial charge on any atom is 0.253 e. The normalized spacial score (nSPS) is 14.4. The van der Waals surface area contributed by atoms with Gasteiger partial charge in [-0.15, -0.1) is 0 Å². The van der Waals surface area contributed by atoms with Crippen LogP contribution in [0, 0.1) is 6.92 Å². The monoisotopic (exact) mass is 379 g/mol. The van der Waals surface area contributed by atoms with Crippen LogP contribution < -0.4 is 10.6 Å². The van der Waals surface area contributed by atoms with Gasteiger partial charge in [-0.2, -0.15) is 0 Å². The standard InChI is InChI=1S/C22H25N3O3/c1-16-7-9-18(10-8-16)22(28)25-13-11-19(12-14-25)24-20(26)15-23-21(27)17-5-3-2-4-6-17/h2-10,19H,11-15H2,1H3,(H,23,27)(H,24,26). The molecule has 1 fully saturated rings. The van der Waals surface area contributed by atoms with Crippen molar-refractivity contribution in [1.82, 2.24) is 15.5 Å². The van der Waals surface area contributed by atoms with E-state index >= 15 is 0 Å². The molecule has 28 heavy (non-hydrogen) atoms. The van der Waals surface area contributed by atoms with E-state index in [1.807, 2.05) is 42.2 Å². The van der Waals surface area contributed by atoms with Crippen LogP contribution in [-0.4, -0.2) is 48.3 Å². The molecule has 0 saturated carbocycles. The highest BCUT2D eigenvalue weighted by molar-refractivity contribution is 5.96. The molecule has 0 radical (unpaired) electrons. The second-order valence-electron chi connectivity index (χ2n) is 7.05. The van der Waals surface area contributed by atoms with Crippen LogP contribution in [0.3, 0.4) is 0 Å². The third-order valence-corrected chi connectivity index (χ3v) is 4.89. The number of rotatable bonds is 5. The van der Waals surface area contributed by atoms with Crippen LogP contribution in [0.4, 0.5) is 0 Å². The summed E-state index contributed by atoms with van der Waals surface area (Å²) in [5.74, 6) is -0.457. The zero-order chi connectivity index (χ0) is 19.9. The van der Waals surface area contributed by atoms with Crippen molar-refractivity contribution >= 4 is 17.7 Å². The Morgan fingerprint density at radius 1 is 0.929 bits per heavy atom. The molecule has 6 nitrogen and oxygen atoms in total. The Bertz CT molecular complexity index is 826. The van der Waals surface area contributed by atoms with Crippen molar-refractivity contribution in [3.8, 4) is 0 Å². The highest BCUT2D eigenvalue weighted by Crippen LogP contribution is 2.14. The molecule has 146 valence electrons. The molecule has 0 unspecified atom stereocenters. The minimum absolute atomic E-state index is 0.0168. The van der Waals surface area contributed by atoms with Gasteiger partial charge >= 0.3 is 0 Å². The molecule has 0 bridgehead atoms. The summed E-state index contributed by atoms with van der Waals surface area (Å²) in [4.78, 5) is 38.5. The first-order valence-electron chi connectivity index (χ1n) is 9.51. The number of likely N-dealkylation sites (tertiary alicyclic amines) is 1. The summed E-state index contributed by atoms with van der Waals surface area (Å²) in [7, 11) is 0. The van der Waals surface area contributed by atoms with Crippen molar-refractivity contribution in [2.45, 2.75) is 25.8 Å². The van der Waals surface area contributed by atoms with E-state index in [2.05, 4.69) is 10.6 Å². The molecule has 0 aliphatic carbocycles. The Balaban J connectivity index is 1.41. The van der Waals surface area contributed by atoms with Crippen molar-refractivity contribution in [2.75, 3.05) is 19.6 Å². The zero-order valence-corrected chi connectivity index (χ0v) is 16.0. The van der Waals surface area contributed by atoms with E-state index in [1.165, 1.54) is 0 Å². The van der Waals surface area contributed by atoms with Crippen molar-refractivity contribution in [2.24, 2.45) is 0 Å². The Kier molecular flexibility index (Phi) is 6.42. The van der Waals surface area contributed by atoms with Crippen molar-refractivity contribution in [3.63, 3.8) is 0 Å². The highest BCUT2D eigenvalue weighted by Gasteiger charge is 2.24. The van der Waals surface area contributed by atoms with E-state index in [0.717, 1.165) is 5.56 Å². The van der Waals surface area contributed by atoms with Gasteiger partial charge in [-0.1, -0.05) is 35.9 Å². The van der Waals surface area contributed by atoms with Crippen LogP contribution in [0.15, 0.2) is 54.6 Å². The molecule has 0 aromatic heterocycles. The second kappa shape index (κ2) is 9.17. The minimum Gasteiger partial charge on any atom is -0.352 e. The first-order chi connectivity index (χ1) is 13.5. The van der Waals surface area contributed by atoms with Gasteiger partial charge in [0.2, 0.25) is 5.91 Å². The molecule has 1 heterocycles. The summed E-state index contributed by atoms with van der Waals surface area (Å²) in [6.07, 6.45) is 1.41. The molecule has 0 spiro atoms. The van der Waals surface area contributed by atoms with E-state index in [9.17, 15) is 14.4 Å². The van der Waals surface area contributed by atoms with Gasteiger partial charge in [0.05, 0.1) is 6.54 Å². The van der Waals surface area contributed by atoms with Crippen LogP contribution in [0.25, 0.3) is 0 Å². The Morgan fingerprint density at radius 2 is 1.57 bits per heavy atom. The van der Waals surface area contributed by atoms with Gasteiger partial charge in [0.15, 0.2) is 0 Å². The number of nitrogens with one attached hydrogen (secondary N) is 2. The first kappa shape index (κ1) is 19.6. The summed E-state index contributed by atoms with van der Waals surface area (Å²) in [5.41, 5.74) is 2.34. The van der Waals surface area contributed by atoms with Gasteiger partial charge in [-0.3, -0.25) is 14.4 Å². The predicted molar refractivity (Wildman–Crippen MR) is 107 cm³/mol. The van der Waals surface area contributed by atoms with Crippen LogP contribution in [0.2, 0.25) is 0 Å². The highest BCUT2D eigenvalue weighted by atomic mass is 16.2. The van der Waals surface area contributed by atoms with Crippen molar-refractivity contribution in [1.29, 1.82) is 0 Å². The largest absolute Gasteiger partial charge is 0.352 e. The van der Waals surface area contributed by atoms with E-state index < -0.39 is 0 Å². The number of piperidine rings is 1. The molecule has 2 N–H and O–H groups in total. The van der Waals surface area contributed by atoms with E-state index in [0.29, 0.717) is 37.1 Å². The quantitative estimate of drug-likeness (QED) is 0.836. The number of aryl methyl sites for hydroxylation is 1. The Labute approximate surface area is 164 Å². The van der Waals surface area contributed by atoms with Crippen LogP contribution in [-0.2, 0) is 4.79 Å². The maximum atomic E-state index is 12.5. The van der Waals surface area contributed by atoms with Crippen LogP contribution >= 0.6 is 0 Å². The summed E-state index contributed by atoms with van der Waals surface area (Å²) in [5, 5.41) is 5.57. The van der Waals surface area contributed by atoms with Gasteiger partial charge in [0.25, 0.3) is 11.8 Å². The summed E-state index contributed by atoms with van der Waals surface area (Å²) >= 11 is 0. The van der Waals surface area contributed by atoms with Crippen LogP contribution in [0.5, 0.6) is 0 Å². The Hall–Kier alpha value is -3.15. The number of hydrogen-bond acceptors (Lipinski definition) is 3. The fourth-order valence-electron chi connectivity index (χ4n) is 3.24. The topological polar surface area (TPSA) is 78.5 Å². The number of nitrogens with zero attached hydrogens (tertiary/aromatic N) is 1. The molecule has 3 rings (SSSR count). The molecular weight excluding hydrogens is 354 g/mol. The fourth-order valence-corrected chi connectivity index (χ4v) is 3.24. The summed E-state index contributed by atoms with van der Waals surface area (Å²) < 4.78 is 0. The van der Waals surface area contributed by atoms with Gasteiger partial charge in [-0.25, -0.2) is 0 Å². The number of carbonyl (C=O) groups is 3. The average molecular weight is 379 g/mol. The van der Waals surface area contributed by atoms with Gasteiger partial charge in [0, 0.05) is 30.3 Å². The number of hydrogen-bond donors (Lipinski definition) is 2. The van der Waals surface area contributed by atoms with Crippen molar-refractivity contribution in [3.05, 3.63) is 71.3 Å². The third-order valence-electron chi connectivity index (χ3n) is 4.89. The molecule has 6 heteroatoms. The molecule has 1 saturated heterocycles. The molecule has 3 amide bonds. The molecule has 2 aromatic rings. The number of carbonyl (C=O) groups excluding carboxylic acids is 3. The van der Waals surface area contributed by atoms with Crippen LogP contribution in [0.1, 0.15) is 39.1 Å². The molecule has 1 aliphatic rings. The first-order valence-corrected chi connectivity index (χ1v) is 9.51. The number of benzene rings is 2. The van der Waals surface area contributed by atoms with Gasteiger partial charge in [-0.05, 0) is 44.0 Å². The lowest BCUT2D eigenvalue weighted by Crippen LogP contribution is -2.48. The predicted octanol–water partition coefficient (Wildman–Crippen LogP) is 2.15. The molecule has 0 atom stereocenters.